The first kappa shape index (κ1) is 18.7. The minimum absolute atomic E-state index is 0.624. The first-order chi connectivity index (χ1) is 10.2. The third kappa shape index (κ3) is 4.35. The van der Waals surface area contributed by atoms with Crippen molar-refractivity contribution in [3.05, 3.63) is 0 Å². The molecule has 7 atom stereocenters. The van der Waals surface area contributed by atoms with E-state index in [1.54, 1.807) is 0 Å². The molecule has 128 valence electrons. The van der Waals surface area contributed by atoms with Gasteiger partial charge in [0.05, 0.1) is 6.61 Å². The monoisotopic (exact) mass is 323 g/mol. The number of aliphatic hydroxyl groups excluding tert-OH is 4. The summed E-state index contributed by atoms with van der Waals surface area (Å²) >= 11 is 0. The van der Waals surface area contributed by atoms with Gasteiger partial charge in [0.25, 0.3) is 0 Å². The van der Waals surface area contributed by atoms with Gasteiger partial charge in [-0.2, -0.15) is 0 Å². The molecule has 0 radical (unpaired) electrons. The molecule has 1 saturated heterocycles. The SMILES string of the molecule is CC(O[C@H]1[C@H](O)[C@@H](CO)OC(O)[C@@H]1O)C(=O)N[C@@H](C)C(=O)O. The van der Waals surface area contributed by atoms with Gasteiger partial charge in [0.2, 0.25) is 5.91 Å². The van der Waals surface area contributed by atoms with Crippen LogP contribution < -0.4 is 5.32 Å². The van der Waals surface area contributed by atoms with Crippen molar-refractivity contribution in [2.45, 2.75) is 56.7 Å². The lowest BCUT2D eigenvalue weighted by atomic mass is 9.99. The molecule has 0 saturated carbocycles. The van der Waals surface area contributed by atoms with Crippen molar-refractivity contribution < 1.29 is 44.6 Å². The van der Waals surface area contributed by atoms with E-state index in [1.165, 1.54) is 13.8 Å². The molecule has 0 spiro atoms. The Morgan fingerprint density at radius 1 is 1.23 bits per heavy atom. The molecule has 2 unspecified atom stereocenters. The fourth-order valence-corrected chi connectivity index (χ4v) is 1.92. The zero-order valence-electron chi connectivity index (χ0n) is 12.1. The Bertz CT molecular complexity index is 404. The summed E-state index contributed by atoms with van der Waals surface area (Å²) in [6.45, 7) is 1.93. The van der Waals surface area contributed by atoms with E-state index >= 15 is 0 Å². The predicted octanol–water partition coefficient (Wildman–Crippen LogP) is -3.22. The van der Waals surface area contributed by atoms with E-state index in [2.05, 4.69) is 5.32 Å². The van der Waals surface area contributed by atoms with Gasteiger partial charge in [-0.15, -0.1) is 0 Å². The van der Waals surface area contributed by atoms with Gasteiger partial charge in [-0.05, 0) is 13.8 Å². The molecule has 0 aromatic carbocycles. The fraction of sp³-hybridized carbons (Fsp3) is 0.833. The fourth-order valence-electron chi connectivity index (χ4n) is 1.92. The van der Waals surface area contributed by atoms with Gasteiger partial charge in [0.15, 0.2) is 6.29 Å². The highest BCUT2D eigenvalue weighted by Crippen LogP contribution is 2.23. The Labute approximate surface area is 126 Å². The Balaban J connectivity index is 2.69. The molecule has 22 heavy (non-hydrogen) atoms. The molecule has 1 heterocycles. The standard InChI is InChI=1S/C12H21NO9/c1-4(11(18)19)13-10(17)5(2)21-9-7(15)6(3-14)22-12(20)8(9)16/h4-9,12,14-16,20H,3H2,1-2H3,(H,13,17)(H,18,19)/t4-,5?,6+,7+,8+,9-,12?/m0/s1. The molecule has 0 bridgehead atoms. The van der Waals surface area contributed by atoms with E-state index in [-0.39, 0.29) is 0 Å². The van der Waals surface area contributed by atoms with Gasteiger partial charge in [-0.1, -0.05) is 0 Å². The summed E-state index contributed by atoms with van der Waals surface area (Å²) in [6, 6.07) is -1.14. The number of hydrogen-bond acceptors (Lipinski definition) is 8. The third-order valence-electron chi connectivity index (χ3n) is 3.30. The van der Waals surface area contributed by atoms with Crippen LogP contribution in [0.5, 0.6) is 0 Å². The molecule has 1 aliphatic rings. The van der Waals surface area contributed by atoms with Crippen LogP contribution in [0.25, 0.3) is 0 Å². The van der Waals surface area contributed by atoms with Gasteiger partial charge < -0.3 is 40.3 Å². The second kappa shape index (κ2) is 7.81. The maximum Gasteiger partial charge on any atom is 0.325 e. The molecule has 0 aromatic heterocycles. The van der Waals surface area contributed by atoms with Crippen molar-refractivity contribution in [2.24, 2.45) is 0 Å². The van der Waals surface area contributed by atoms with E-state index in [9.17, 15) is 24.9 Å². The normalized spacial score (nSPS) is 34.7. The summed E-state index contributed by atoms with van der Waals surface area (Å²) in [5.74, 6) is -2.00. The number of aliphatic carboxylic acids is 1. The van der Waals surface area contributed by atoms with Gasteiger partial charge in [-0.3, -0.25) is 9.59 Å². The average molecular weight is 323 g/mol. The molecule has 1 amide bonds. The number of carboxylic acid groups (broad SMARTS) is 1. The van der Waals surface area contributed by atoms with Crippen molar-refractivity contribution in [1.29, 1.82) is 0 Å². The lowest BCUT2D eigenvalue weighted by Gasteiger charge is -2.40. The molecular weight excluding hydrogens is 302 g/mol. The number of ether oxygens (including phenoxy) is 2. The van der Waals surface area contributed by atoms with Crippen LogP contribution in [0, 0.1) is 0 Å². The van der Waals surface area contributed by atoms with Crippen molar-refractivity contribution in [3.8, 4) is 0 Å². The van der Waals surface area contributed by atoms with Gasteiger partial charge in [0.1, 0.15) is 36.6 Å². The zero-order valence-corrected chi connectivity index (χ0v) is 12.1. The number of aliphatic hydroxyl groups is 4. The number of carbonyl (C=O) groups is 2. The average Bonchev–Trinajstić information content (AvgIpc) is 2.46. The minimum Gasteiger partial charge on any atom is -0.480 e. The van der Waals surface area contributed by atoms with E-state index in [0.29, 0.717) is 0 Å². The minimum atomic E-state index is -1.70. The molecular formula is C12H21NO9. The summed E-state index contributed by atoms with van der Waals surface area (Å²) in [4.78, 5) is 22.4. The van der Waals surface area contributed by atoms with E-state index in [4.69, 9.17) is 19.7 Å². The maximum atomic E-state index is 11.8. The number of carbonyl (C=O) groups excluding carboxylic acids is 1. The summed E-state index contributed by atoms with van der Waals surface area (Å²) in [7, 11) is 0. The largest absolute Gasteiger partial charge is 0.480 e. The topological polar surface area (TPSA) is 166 Å². The Hall–Kier alpha value is -1.30. The number of hydrogen-bond donors (Lipinski definition) is 6. The summed E-state index contributed by atoms with van der Waals surface area (Å²) in [5.41, 5.74) is 0. The molecule has 1 rings (SSSR count). The van der Waals surface area contributed by atoms with E-state index < -0.39 is 61.3 Å². The number of nitrogens with one attached hydrogen (secondary N) is 1. The van der Waals surface area contributed by atoms with Crippen molar-refractivity contribution >= 4 is 11.9 Å². The highest BCUT2D eigenvalue weighted by Gasteiger charge is 2.45. The van der Waals surface area contributed by atoms with Crippen LogP contribution in [-0.4, -0.2) is 86.9 Å². The summed E-state index contributed by atoms with van der Waals surface area (Å²) < 4.78 is 9.98. The number of amides is 1. The van der Waals surface area contributed by atoms with Crippen LogP contribution >= 0.6 is 0 Å². The van der Waals surface area contributed by atoms with Gasteiger partial charge in [0, 0.05) is 0 Å². The first-order valence-electron chi connectivity index (χ1n) is 6.68. The van der Waals surface area contributed by atoms with Crippen LogP contribution in [0.15, 0.2) is 0 Å². The van der Waals surface area contributed by atoms with Crippen LogP contribution in [0.4, 0.5) is 0 Å². The van der Waals surface area contributed by atoms with Crippen LogP contribution in [0.3, 0.4) is 0 Å². The lowest BCUT2D eigenvalue weighted by Crippen LogP contribution is -2.60. The van der Waals surface area contributed by atoms with Crippen LogP contribution in [-0.2, 0) is 19.1 Å². The first-order valence-corrected chi connectivity index (χ1v) is 6.68. The van der Waals surface area contributed by atoms with E-state index in [1.807, 2.05) is 0 Å². The second-order valence-electron chi connectivity index (χ2n) is 5.04. The quantitative estimate of drug-likeness (QED) is 0.295. The van der Waals surface area contributed by atoms with Crippen molar-refractivity contribution in [2.75, 3.05) is 6.61 Å². The summed E-state index contributed by atoms with van der Waals surface area (Å²) in [6.07, 6.45) is -8.58. The Morgan fingerprint density at radius 2 is 1.82 bits per heavy atom. The van der Waals surface area contributed by atoms with Crippen LogP contribution in [0.2, 0.25) is 0 Å². The van der Waals surface area contributed by atoms with Gasteiger partial charge in [-0.25, -0.2) is 0 Å². The third-order valence-corrected chi connectivity index (χ3v) is 3.30. The Kier molecular flexibility index (Phi) is 6.66. The second-order valence-corrected chi connectivity index (χ2v) is 5.04. The highest BCUT2D eigenvalue weighted by atomic mass is 16.6. The van der Waals surface area contributed by atoms with Crippen LogP contribution in [0.1, 0.15) is 13.8 Å². The van der Waals surface area contributed by atoms with Gasteiger partial charge >= 0.3 is 5.97 Å². The van der Waals surface area contributed by atoms with Crippen molar-refractivity contribution in [3.63, 3.8) is 0 Å². The summed E-state index contributed by atoms with van der Waals surface area (Å²) in [5, 5.41) is 49.0. The van der Waals surface area contributed by atoms with E-state index in [0.717, 1.165) is 0 Å². The molecule has 0 aliphatic carbocycles. The number of rotatable bonds is 6. The molecule has 6 N–H and O–H groups in total. The lowest BCUT2D eigenvalue weighted by molar-refractivity contribution is -0.298. The highest BCUT2D eigenvalue weighted by molar-refractivity contribution is 5.85. The zero-order chi connectivity index (χ0) is 17.0. The molecule has 10 heteroatoms. The molecule has 10 nitrogen and oxygen atoms in total. The Morgan fingerprint density at radius 3 is 2.32 bits per heavy atom. The molecule has 0 aromatic rings. The smallest absolute Gasteiger partial charge is 0.325 e. The molecule has 1 fully saturated rings. The predicted molar refractivity (Wildman–Crippen MR) is 69.6 cm³/mol. The number of carboxylic acids is 1. The molecule has 1 aliphatic heterocycles. The maximum absolute atomic E-state index is 11.8. The van der Waals surface area contributed by atoms with Crippen molar-refractivity contribution in [1.82, 2.24) is 5.32 Å².